The molecule has 4 heterocycles. The van der Waals surface area contributed by atoms with Gasteiger partial charge in [-0.25, -0.2) is 15.0 Å². The molecule has 1 aliphatic carbocycles. The molecule has 5 rings (SSSR count). The van der Waals surface area contributed by atoms with Gasteiger partial charge in [0.05, 0.1) is 25.1 Å². The molecule has 2 aliphatic rings. The number of fused-ring (bicyclic) bond motifs is 1. The van der Waals surface area contributed by atoms with Crippen molar-refractivity contribution in [3.63, 3.8) is 0 Å². The van der Waals surface area contributed by atoms with Crippen LogP contribution in [0.2, 0.25) is 5.02 Å². The highest BCUT2D eigenvalue weighted by atomic mass is 35.5. The summed E-state index contributed by atoms with van der Waals surface area (Å²) < 4.78 is 5.24. The minimum Gasteiger partial charge on any atom is -0.480 e. The lowest BCUT2D eigenvalue weighted by Gasteiger charge is -2.42. The molecule has 8 nitrogen and oxygen atoms in total. The first kappa shape index (κ1) is 23.0. The van der Waals surface area contributed by atoms with E-state index in [-0.39, 0.29) is 18.1 Å². The molecule has 0 aromatic carbocycles. The van der Waals surface area contributed by atoms with Crippen molar-refractivity contribution >= 4 is 17.4 Å². The lowest BCUT2D eigenvalue weighted by Crippen LogP contribution is -2.45. The van der Waals surface area contributed by atoms with Crippen LogP contribution in [0.5, 0.6) is 5.88 Å². The summed E-state index contributed by atoms with van der Waals surface area (Å²) in [6.07, 6.45) is 6.33. The van der Waals surface area contributed by atoms with Gasteiger partial charge in [0.1, 0.15) is 10.7 Å². The molecular weight excluding hydrogens is 452 g/mol. The van der Waals surface area contributed by atoms with Gasteiger partial charge < -0.3 is 20.5 Å². The van der Waals surface area contributed by atoms with Gasteiger partial charge in [0, 0.05) is 42.8 Å². The van der Waals surface area contributed by atoms with Crippen LogP contribution in [0.15, 0.2) is 24.5 Å². The van der Waals surface area contributed by atoms with E-state index in [0.717, 1.165) is 49.3 Å². The summed E-state index contributed by atoms with van der Waals surface area (Å²) >= 11 is 6.49. The number of hydrogen-bond acceptors (Lipinski definition) is 8. The third kappa shape index (κ3) is 3.70. The lowest BCUT2D eigenvalue weighted by atomic mass is 9.73. The van der Waals surface area contributed by atoms with E-state index in [9.17, 15) is 5.11 Å². The van der Waals surface area contributed by atoms with Crippen LogP contribution in [0.1, 0.15) is 47.1 Å². The average Bonchev–Trinajstić information content (AvgIpc) is 3.10. The van der Waals surface area contributed by atoms with Crippen LogP contribution >= 0.6 is 11.6 Å². The number of nitrogens with zero attached hydrogens (tertiary/aromatic N) is 5. The minimum atomic E-state index is -0.217. The number of hydrogen-bond donors (Lipinski definition) is 2. The van der Waals surface area contributed by atoms with Gasteiger partial charge in [-0.05, 0) is 55.7 Å². The molecule has 1 aliphatic heterocycles. The number of aromatic nitrogens is 4. The molecule has 0 amide bonds. The van der Waals surface area contributed by atoms with Crippen molar-refractivity contribution in [1.29, 1.82) is 0 Å². The lowest BCUT2D eigenvalue weighted by molar-refractivity contribution is 0.186. The van der Waals surface area contributed by atoms with Crippen molar-refractivity contribution < 1.29 is 9.84 Å². The minimum absolute atomic E-state index is 0.00614. The maximum absolute atomic E-state index is 10.1. The van der Waals surface area contributed by atoms with Crippen molar-refractivity contribution in [2.45, 2.75) is 45.8 Å². The third-order valence-corrected chi connectivity index (χ3v) is 7.66. The summed E-state index contributed by atoms with van der Waals surface area (Å²) in [6.45, 7) is 5.34. The predicted octanol–water partition coefficient (Wildman–Crippen LogP) is 3.55. The fourth-order valence-electron chi connectivity index (χ4n) is 5.37. The zero-order chi connectivity index (χ0) is 24.0. The molecule has 3 aromatic heterocycles. The maximum atomic E-state index is 10.1. The number of anilines is 1. The number of methoxy groups -OCH3 is 1. The van der Waals surface area contributed by atoms with Gasteiger partial charge in [-0.15, -0.1) is 0 Å². The highest BCUT2D eigenvalue weighted by molar-refractivity contribution is 6.34. The molecule has 178 valence electrons. The monoisotopic (exact) mass is 480 g/mol. The van der Waals surface area contributed by atoms with E-state index in [1.807, 2.05) is 13.1 Å². The molecule has 0 unspecified atom stereocenters. The molecule has 1 spiro atoms. The van der Waals surface area contributed by atoms with E-state index < -0.39 is 0 Å². The van der Waals surface area contributed by atoms with Gasteiger partial charge in [0.2, 0.25) is 5.88 Å². The van der Waals surface area contributed by atoms with E-state index >= 15 is 0 Å². The number of nitrogens with two attached hydrogens (primary N) is 1. The Hall–Kier alpha value is -2.81. The molecule has 1 fully saturated rings. The molecule has 9 heteroatoms. The molecule has 3 N–H and O–H groups in total. The first-order valence-corrected chi connectivity index (χ1v) is 11.9. The maximum Gasteiger partial charge on any atom is 0.232 e. The summed E-state index contributed by atoms with van der Waals surface area (Å²) in [4.78, 5) is 20.6. The molecular formula is C25H29ClN6O2. The van der Waals surface area contributed by atoms with Crippen LogP contribution < -0.4 is 15.4 Å². The Morgan fingerprint density at radius 3 is 2.71 bits per heavy atom. The van der Waals surface area contributed by atoms with Crippen LogP contribution in [0.3, 0.4) is 0 Å². The summed E-state index contributed by atoms with van der Waals surface area (Å²) in [5.41, 5.74) is 12.8. The van der Waals surface area contributed by atoms with Crippen molar-refractivity contribution in [2.75, 3.05) is 25.1 Å². The highest BCUT2D eigenvalue weighted by Gasteiger charge is 2.47. The summed E-state index contributed by atoms with van der Waals surface area (Å²) in [5.74, 6) is 1.05. The van der Waals surface area contributed by atoms with Gasteiger partial charge in [0.25, 0.3) is 0 Å². The molecule has 34 heavy (non-hydrogen) atoms. The standard InChI is InChI=1S/C25H29ClN6O2/c1-14-10-17-18(29-12-14)11-25(22(17)27)5-8-32(9-6-25)23-19(13-33)31-21(15(2)30-23)16-4-7-28-24(34-3)20(16)26/h4,7,10,12,22,33H,5-6,8-9,11,13,27H2,1-3H3/t22-/m1/s1. The molecule has 1 atom stereocenters. The topological polar surface area (TPSA) is 110 Å². The van der Waals surface area contributed by atoms with Gasteiger partial charge in [-0.2, -0.15) is 0 Å². The van der Waals surface area contributed by atoms with Crippen molar-refractivity contribution in [2.24, 2.45) is 11.1 Å². The van der Waals surface area contributed by atoms with Crippen LogP contribution in [0, 0.1) is 19.3 Å². The van der Waals surface area contributed by atoms with Crippen LogP contribution in [0.25, 0.3) is 11.3 Å². The van der Waals surface area contributed by atoms with E-state index in [1.54, 1.807) is 12.3 Å². The summed E-state index contributed by atoms with van der Waals surface area (Å²) in [5, 5.41) is 10.5. The van der Waals surface area contributed by atoms with Crippen molar-refractivity contribution in [1.82, 2.24) is 19.9 Å². The molecule has 1 saturated heterocycles. The van der Waals surface area contributed by atoms with E-state index in [4.69, 9.17) is 32.0 Å². The Bertz CT molecular complexity index is 1240. The van der Waals surface area contributed by atoms with Crippen LogP contribution in [-0.2, 0) is 13.0 Å². The normalized spacial score (nSPS) is 18.9. The number of aliphatic hydroxyl groups excluding tert-OH is 1. The third-order valence-electron chi connectivity index (χ3n) is 7.29. The second kappa shape index (κ2) is 8.76. The van der Waals surface area contributed by atoms with Crippen LogP contribution in [0.4, 0.5) is 5.82 Å². The van der Waals surface area contributed by atoms with Crippen molar-refractivity contribution in [3.8, 4) is 17.1 Å². The van der Waals surface area contributed by atoms with E-state index in [2.05, 4.69) is 27.9 Å². The van der Waals surface area contributed by atoms with Gasteiger partial charge in [0.15, 0.2) is 5.82 Å². The molecule has 0 bridgehead atoms. The SMILES string of the molecule is COc1nccc(-c2nc(CO)c(N3CCC4(CC3)Cc3ncc(C)cc3[C@H]4N)nc2C)c1Cl. The fourth-order valence-corrected chi connectivity index (χ4v) is 5.65. The smallest absolute Gasteiger partial charge is 0.232 e. The Labute approximate surface area is 204 Å². The van der Waals surface area contributed by atoms with Crippen LogP contribution in [-0.4, -0.2) is 45.2 Å². The zero-order valence-corrected chi connectivity index (χ0v) is 20.4. The first-order valence-electron chi connectivity index (χ1n) is 11.5. The Morgan fingerprint density at radius 1 is 1.24 bits per heavy atom. The summed E-state index contributed by atoms with van der Waals surface area (Å²) in [6, 6.07) is 3.96. The van der Waals surface area contributed by atoms with Gasteiger partial charge >= 0.3 is 0 Å². The first-order chi connectivity index (χ1) is 16.4. The number of ether oxygens (including phenoxy) is 1. The van der Waals surface area contributed by atoms with Crippen molar-refractivity contribution in [3.05, 3.63) is 57.8 Å². The molecule has 0 saturated carbocycles. The second-order valence-electron chi connectivity index (χ2n) is 9.32. The number of aryl methyl sites for hydroxylation is 2. The number of aliphatic hydroxyl groups is 1. The quantitative estimate of drug-likeness (QED) is 0.583. The molecule has 0 radical (unpaired) electrons. The second-order valence-corrected chi connectivity index (χ2v) is 9.70. The van der Waals surface area contributed by atoms with E-state index in [1.165, 1.54) is 12.7 Å². The van der Waals surface area contributed by atoms with Gasteiger partial charge in [-0.3, -0.25) is 4.98 Å². The zero-order valence-electron chi connectivity index (χ0n) is 19.7. The predicted molar refractivity (Wildman–Crippen MR) is 131 cm³/mol. The highest BCUT2D eigenvalue weighted by Crippen LogP contribution is 2.50. The fraction of sp³-hybridized carbons (Fsp3) is 0.440. The number of rotatable bonds is 4. The molecule has 3 aromatic rings. The number of pyridine rings is 2. The summed E-state index contributed by atoms with van der Waals surface area (Å²) in [7, 11) is 1.52. The Balaban J connectivity index is 1.41. The Morgan fingerprint density at radius 2 is 2.00 bits per heavy atom. The largest absolute Gasteiger partial charge is 0.480 e. The average molecular weight is 481 g/mol. The van der Waals surface area contributed by atoms with Gasteiger partial charge in [-0.1, -0.05) is 17.7 Å². The number of halogens is 1. The van der Waals surface area contributed by atoms with E-state index in [0.29, 0.717) is 33.7 Å². The number of piperidine rings is 1. The Kier molecular flexibility index (Phi) is 5.91.